The van der Waals surface area contributed by atoms with Gasteiger partial charge in [-0.15, -0.1) is 0 Å². The van der Waals surface area contributed by atoms with E-state index in [-0.39, 0.29) is 5.91 Å². The van der Waals surface area contributed by atoms with Crippen molar-refractivity contribution >= 4 is 11.6 Å². The molecule has 3 nitrogen and oxygen atoms in total. The van der Waals surface area contributed by atoms with Gasteiger partial charge in [0.2, 0.25) is 0 Å². The van der Waals surface area contributed by atoms with Gasteiger partial charge in [-0.3, -0.25) is 4.79 Å². The Morgan fingerprint density at radius 1 is 1.50 bits per heavy atom. The van der Waals surface area contributed by atoms with E-state index in [1.54, 1.807) is 6.07 Å². The molecule has 2 rings (SSSR count). The van der Waals surface area contributed by atoms with E-state index in [0.717, 1.165) is 18.7 Å². The molecular weight excluding hydrogens is 152 g/mol. The summed E-state index contributed by atoms with van der Waals surface area (Å²) in [7, 11) is 0. The zero-order valence-electron chi connectivity index (χ0n) is 6.63. The molecule has 0 saturated carbocycles. The minimum absolute atomic E-state index is 0.360. The summed E-state index contributed by atoms with van der Waals surface area (Å²) < 4.78 is 0. The van der Waals surface area contributed by atoms with Crippen molar-refractivity contribution in [2.24, 2.45) is 5.73 Å². The number of nitrogens with two attached hydrogens (primary N) is 1. The summed E-state index contributed by atoms with van der Waals surface area (Å²) in [5.74, 6) is -0.360. The maximum absolute atomic E-state index is 10.9. The average molecular weight is 162 g/mol. The highest BCUT2D eigenvalue weighted by Crippen LogP contribution is 2.25. The normalized spacial score (nSPS) is 13.7. The van der Waals surface area contributed by atoms with Gasteiger partial charge >= 0.3 is 0 Å². The van der Waals surface area contributed by atoms with Crippen LogP contribution in [0.15, 0.2) is 18.2 Å². The lowest BCUT2D eigenvalue weighted by atomic mass is 10.1. The molecule has 62 valence electrons. The molecule has 1 aromatic carbocycles. The first-order valence-electron chi connectivity index (χ1n) is 3.94. The number of nitrogens with one attached hydrogen (secondary N) is 1. The van der Waals surface area contributed by atoms with Crippen molar-refractivity contribution in [1.82, 2.24) is 0 Å². The van der Waals surface area contributed by atoms with Crippen LogP contribution in [0.4, 0.5) is 5.69 Å². The lowest BCUT2D eigenvalue weighted by Crippen LogP contribution is -2.12. The van der Waals surface area contributed by atoms with E-state index in [9.17, 15) is 4.79 Å². The highest BCUT2D eigenvalue weighted by atomic mass is 16.1. The third-order valence-electron chi connectivity index (χ3n) is 2.11. The molecule has 1 aliphatic rings. The number of carbonyl (C=O) groups excluding carboxylic acids is 1. The zero-order valence-corrected chi connectivity index (χ0v) is 6.63. The summed E-state index contributed by atoms with van der Waals surface area (Å²) in [5, 5.41) is 3.15. The summed E-state index contributed by atoms with van der Waals surface area (Å²) in [6.45, 7) is 0.902. The number of primary amides is 1. The second kappa shape index (κ2) is 2.52. The van der Waals surface area contributed by atoms with E-state index >= 15 is 0 Å². The van der Waals surface area contributed by atoms with E-state index < -0.39 is 0 Å². The van der Waals surface area contributed by atoms with E-state index in [4.69, 9.17) is 5.73 Å². The Bertz CT molecular complexity index is 333. The van der Waals surface area contributed by atoms with Crippen molar-refractivity contribution < 1.29 is 4.79 Å². The number of carbonyl (C=O) groups is 1. The summed E-state index contributed by atoms with van der Waals surface area (Å²) >= 11 is 0. The van der Waals surface area contributed by atoms with Crippen LogP contribution in [0.3, 0.4) is 0 Å². The van der Waals surface area contributed by atoms with Gasteiger partial charge in [0, 0.05) is 6.54 Å². The van der Waals surface area contributed by atoms with Gasteiger partial charge in [0.1, 0.15) is 0 Å². The second-order valence-electron chi connectivity index (χ2n) is 2.88. The van der Waals surface area contributed by atoms with Gasteiger partial charge in [0.05, 0.1) is 11.3 Å². The SMILES string of the molecule is NC(=O)c1cccc2c1NCC2. The summed E-state index contributed by atoms with van der Waals surface area (Å²) in [4.78, 5) is 10.9. The summed E-state index contributed by atoms with van der Waals surface area (Å²) in [5.41, 5.74) is 7.92. The van der Waals surface area contributed by atoms with Crippen molar-refractivity contribution in [2.45, 2.75) is 6.42 Å². The maximum Gasteiger partial charge on any atom is 0.250 e. The number of benzene rings is 1. The van der Waals surface area contributed by atoms with Gasteiger partial charge in [-0.1, -0.05) is 12.1 Å². The molecule has 12 heavy (non-hydrogen) atoms. The Labute approximate surface area is 70.6 Å². The van der Waals surface area contributed by atoms with E-state index in [1.807, 2.05) is 12.1 Å². The first kappa shape index (κ1) is 7.16. The van der Waals surface area contributed by atoms with Crippen LogP contribution in [-0.4, -0.2) is 12.5 Å². The summed E-state index contributed by atoms with van der Waals surface area (Å²) in [6, 6.07) is 5.63. The lowest BCUT2D eigenvalue weighted by molar-refractivity contribution is 0.100. The number of para-hydroxylation sites is 1. The number of hydrogen-bond acceptors (Lipinski definition) is 2. The molecule has 0 spiro atoms. The molecule has 0 atom stereocenters. The van der Waals surface area contributed by atoms with Crippen LogP contribution in [-0.2, 0) is 6.42 Å². The fourth-order valence-corrected chi connectivity index (χ4v) is 1.54. The molecule has 1 aromatic rings. The molecule has 1 aliphatic heterocycles. The molecule has 0 aromatic heterocycles. The van der Waals surface area contributed by atoms with E-state index in [0.29, 0.717) is 5.56 Å². The van der Waals surface area contributed by atoms with Crippen LogP contribution in [0.5, 0.6) is 0 Å². The van der Waals surface area contributed by atoms with Gasteiger partial charge in [-0.2, -0.15) is 0 Å². The van der Waals surface area contributed by atoms with Gasteiger partial charge in [0.15, 0.2) is 0 Å². The first-order chi connectivity index (χ1) is 5.79. The molecule has 0 saturated heterocycles. The van der Waals surface area contributed by atoms with Crippen LogP contribution in [0.1, 0.15) is 15.9 Å². The molecule has 0 unspecified atom stereocenters. The number of rotatable bonds is 1. The monoisotopic (exact) mass is 162 g/mol. The number of amides is 1. The fraction of sp³-hybridized carbons (Fsp3) is 0.222. The number of fused-ring (bicyclic) bond motifs is 1. The topological polar surface area (TPSA) is 55.1 Å². The van der Waals surface area contributed by atoms with Crippen LogP contribution < -0.4 is 11.1 Å². The van der Waals surface area contributed by atoms with Crippen LogP contribution in [0.2, 0.25) is 0 Å². The first-order valence-corrected chi connectivity index (χ1v) is 3.94. The Morgan fingerprint density at radius 2 is 2.33 bits per heavy atom. The smallest absolute Gasteiger partial charge is 0.250 e. The average Bonchev–Trinajstić information content (AvgIpc) is 2.49. The van der Waals surface area contributed by atoms with Gasteiger partial charge in [0.25, 0.3) is 5.91 Å². The standard InChI is InChI=1S/C9H10N2O/c10-9(12)7-3-1-2-6-4-5-11-8(6)7/h1-3,11H,4-5H2,(H2,10,12). The molecule has 0 radical (unpaired) electrons. The third kappa shape index (κ3) is 0.942. The van der Waals surface area contributed by atoms with Crippen LogP contribution >= 0.6 is 0 Å². The van der Waals surface area contributed by atoms with Crippen molar-refractivity contribution in [3.63, 3.8) is 0 Å². The largest absolute Gasteiger partial charge is 0.384 e. The van der Waals surface area contributed by atoms with Crippen molar-refractivity contribution in [1.29, 1.82) is 0 Å². The minimum Gasteiger partial charge on any atom is -0.384 e. The van der Waals surface area contributed by atoms with Crippen LogP contribution in [0.25, 0.3) is 0 Å². The second-order valence-corrected chi connectivity index (χ2v) is 2.88. The Hall–Kier alpha value is -1.51. The fourth-order valence-electron chi connectivity index (χ4n) is 1.54. The molecule has 0 aliphatic carbocycles. The predicted molar refractivity (Wildman–Crippen MR) is 47.2 cm³/mol. The quantitative estimate of drug-likeness (QED) is 0.640. The van der Waals surface area contributed by atoms with E-state index in [1.165, 1.54) is 5.56 Å². The van der Waals surface area contributed by atoms with Crippen LogP contribution in [0, 0.1) is 0 Å². The van der Waals surface area contributed by atoms with Crippen molar-refractivity contribution in [3.05, 3.63) is 29.3 Å². The highest BCUT2D eigenvalue weighted by Gasteiger charge is 2.15. The minimum atomic E-state index is -0.360. The maximum atomic E-state index is 10.9. The van der Waals surface area contributed by atoms with Gasteiger partial charge in [-0.05, 0) is 18.1 Å². The van der Waals surface area contributed by atoms with Crippen molar-refractivity contribution in [3.8, 4) is 0 Å². The molecular formula is C9H10N2O. The predicted octanol–water partition coefficient (Wildman–Crippen LogP) is 0.753. The van der Waals surface area contributed by atoms with Gasteiger partial charge in [-0.25, -0.2) is 0 Å². The Balaban J connectivity index is 2.56. The van der Waals surface area contributed by atoms with E-state index in [2.05, 4.69) is 5.32 Å². The highest BCUT2D eigenvalue weighted by molar-refractivity contribution is 5.99. The molecule has 1 heterocycles. The summed E-state index contributed by atoms with van der Waals surface area (Å²) in [6.07, 6.45) is 0.983. The molecule has 0 bridgehead atoms. The number of hydrogen-bond donors (Lipinski definition) is 2. The lowest BCUT2D eigenvalue weighted by Gasteiger charge is -2.03. The molecule has 0 fully saturated rings. The Morgan fingerprint density at radius 3 is 3.08 bits per heavy atom. The number of anilines is 1. The Kier molecular flexibility index (Phi) is 1.50. The zero-order chi connectivity index (χ0) is 8.55. The molecule has 3 heteroatoms. The van der Waals surface area contributed by atoms with Crippen molar-refractivity contribution in [2.75, 3.05) is 11.9 Å². The third-order valence-corrected chi connectivity index (χ3v) is 2.11. The van der Waals surface area contributed by atoms with Gasteiger partial charge < -0.3 is 11.1 Å². The molecule has 3 N–H and O–H groups in total. The molecule has 1 amide bonds.